The molecular weight excluding hydrogens is 178 g/mol. The van der Waals surface area contributed by atoms with Crippen molar-refractivity contribution < 1.29 is 9.53 Å². The van der Waals surface area contributed by atoms with Crippen LogP contribution in [0.3, 0.4) is 0 Å². The second-order valence-corrected chi connectivity index (χ2v) is 2.42. The van der Waals surface area contributed by atoms with Crippen LogP contribution in [0.25, 0.3) is 0 Å². The van der Waals surface area contributed by atoms with Crippen molar-refractivity contribution in [2.45, 2.75) is 6.92 Å². The molecule has 72 valence electrons. The molecule has 0 N–H and O–H groups in total. The summed E-state index contributed by atoms with van der Waals surface area (Å²) >= 11 is 0. The molecule has 0 aromatic heterocycles. The highest BCUT2D eigenvalue weighted by Crippen LogP contribution is 1.82. The van der Waals surface area contributed by atoms with Gasteiger partial charge in [-0.05, 0) is 21.0 Å². The Morgan fingerprint density at radius 3 is 2.50 bits per heavy atom. The summed E-state index contributed by atoms with van der Waals surface area (Å²) in [6, 6.07) is 0. The first-order valence-electron chi connectivity index (χ1n) is 3.64. The molecule has 0 bridgehead atoms. The van der Waals surface area contributed by atoms with Gasteiger partial charge < -0.3 is 9.64 Å². The van der Waals surface area contributed by atoms with Crippen LogP contribution in [-0.2, 0) is 9.53 Å². The first kappa shape index (κ1) is 14.0. The molecule has 0 fully saturated rings. The summed E-state index contributed by atoms with van der Waals surface area (Å²) in [6.45, 7) is 2.99. The van der Waals surface area contributed by atoms with E-state index in [1.807, 2.05) is 19.0 Å². The first-order chi connectivity index (χ1) is 5.16. The maximum atomic E-state index is 10.7. The molecule has 0 aromatic carbocycles. The Morgan fingerprint density at radius 1 is 1.50 bits per heavy atom. The van der Waals surface area contributed by atoms with Crippen molar-refractivity contribution in [1.82, 2.24) is 4.90 Å². The lowest BCUT2D eigenvalue weighted by atomic mass is 10.5. The van der Waals surface area contributed by atoms with E-state index in [1.165, 1.54) is 6.08 Å². The van der Waals surface area contributed by atoms with Gasteiger partial charge in [0, 0.05) is 12.6 Å². The number of carbonyl (C=O) groups excluding carboxylic acids is 1. The summed E-state index contributed by atoms with van der Waals surface area (Å²) in [5.74, 6) is -0.269. The van der Waals surface area contributed by atoms with Gasteiger partial charge in [-0.15, -0.1) is 12.4 Å². The van der Waals surface area contributed by atoms with Crippen LogP contribution in [0, 0.1) is 0 Å². The standard InChI is InChI=1S/C8H15NO2.ClH/c1-4-11-8(10)6-5-7-9(2)3;/h5-6H,4,7H2,1-3H3;1H. The van der Waals surface area contributed by atoms with Crippen LogP contribution in [0.5, 0.6) is 0 Å². The molecule has 0 aliphatic carbocycles. The monoisotopic (exact) mass is 193 g/mol. The maximum Gasteiger partial charge on any atom is 0.330 e. The Labute approximate surface area is 79.8 Å². The number of hydrogen-bond acceptors (Lipinski definition) is 3. The maximum absolute atomic E-state index is 10.7. The lowest BCUT2D eigenvalue weighted by molar-refractivity contribution is -0.137. The van der Waals surface area contributed by atoms with E-state index in [9.17, 15) is 4.79 Å². The van der Waals surface area contributed by atoms with Crippen LogP contribution >= 0.6 is 12.4 Å². The zero-order valence-corrected chi connectivity index (χ0v) is 8.56. The number of ether oxygens (including phenoxy) is 1. The van der Waals surface area contributed by atoms with E-state index in [4.69, 9.17) is 0 Å². The fourth-order valence-electron chi connectivity index (χ4n) is 0.550. The molecule has 0 amide bonds. The minimum absolute atomic E-state index is 0. The average molecular weight is 194 g/mol. The third-order valence-corrected chi connectivity index (χ3v) is 1.01. The Hall–Kier alpha value is -0.540. The summed E-state index contributed by atoms with van der Waals surface area (Å²) in [5, 5.41) is 0. The van der Waals surface area contributed by atoms with Crippen LogP contribution in [0.15, 0.2) is 12.2 Å². The predicted octanol–water partition coefficient (Wildman–Crippen LogP) is 1.09. The van der Waals surface area contributed by atoms with Crippen LogP contribution in [-0.4, -0.2) is 38.1 Å². The molecule has 0 atom stereocenters. The molecule has 3 nitrogen and oxygen atoms in total. The number of hydrogen-bond donors (Lipinski definition) is 0. The molecule has 0 aliphatic rings. The van der Waals surface area contributed by atoms with Crippen LogP contribution in [0.1, 0.15) is 6.92 Å². The Bertz CT molecular complexity index is 146. The molecule has 0 heterocycles. The molecule has 0 saturated carbocycles. The van der Waals surface area contributed by atoms with E-state index in [0.717, 1.165) is 6.54 Å². The third-order valence-electron chi connectivity index (χ3n) is 1.01. The van der Waals surface area contributed by atoms with E-state index < -0.39 is 0 Å². The highest BCUT2D eigenvalue weighted by atomic mass is 35.5. The number of carbonyl (C=O) groups is 1. The second kappa shape index (κ2) is 8.56. The van der Waals surface area contributed by atoms with Gasteiger partial charge in [-0.25, -0.2) is 4.79 Å². The summed E-state index contributed by atoms with van der Waals surface area (Å²) < 4.78 is 4.68. The summed E-state index contributed by atoms with van der Waals surface area (Å²) in [5.41, 5.74) is 0. The SMILES string of the molecule is CCOC(=O)C=CCN(C)C.Cl. The Kier molecular flexibility index (Phi) is 9.99. The zero-order chi connectivity index (χ0) is 8.69. The highest BCUT2D eigenvalue weighted by molar-refractivity contribution is 5.85. The first-order valence-corrected chi connectivity index (χ1v) is 3.64. The molecule has 0 aromatic rings. The minimum atomic E-state index is -0.269. The van der Waals surface area contributed by atoms with Crippen molar-refractivity contribution >= 4 is 18.4 Å². The summed E-state index contributed by atoms with van der Waals surface area (Å²) in [7, 11) is 3.88. The largest absolute Gasteiger partial charge is 0.463 e. The van der Waals surface area contributed by atoms with Crippen molar-refractivity contribution in [2.75, 3.05) is 27.2 Å². The van der Waals surface area contributed by atoms with E-state index in [1.54, 1.807) is 13.0 Å². The summed E-state index contributed by atoms with van der Waals surface area (Å²) in [6.07, 6.45) is 3.22. The fraction of sp³-hybridized carbons (Fsp3) is 0.625. The van der Waals surface area contributed by atoms with Crippen LogP contribution in [0.4, 0.5) is 0 Å². The van der Waals surface area contributed by atoms with Gasteiger partial charge in [-0.2, -0.15) is 0 Å². The third kappa shape index (κ3) is 9.46. The lowest BCUT2D eigenvalue weighted by Crippen LogP contribution is -2.11. The molecule has 0 spiro atoms. The normalized spacial score (nSPS) is 10.0. The quantitative estimate of drug-likeness (QED) is 0.495. The van der Waals surface area contributed by atoms with Crippen LogP contribution in [0.2, 0.25) is 0 Å². The number of esters is 1. The Balaban J connectivity index is 0. The molecule has 0 radical (unpaired) electrons. The van der Waals surface area contributed by atoms with Crippen molar-refractivity contribution in [2.24, 2.45) is 0 Å². The summed E-state index contributed by atoms with van der Waals surface area (Å²) in [4.78, 5) is 12.7. The molecule has 4 heteroatoms. The van der Waals surface area contributed by atoms with Crippen molar-refractivity contribution in [3.63, 3.8) is 0 Å². The number of rotatable bonds is 4. The van der Waals surface area contributed by atoms with Gasteiger partial charge in [0.1, 0.15) is 0 Å². The lowest BCUT2D eigenvalue weighted by Gasteiger charge is -2.03. The van der Waals surface area contributed by atoms with Crippen molar-refractivity contribution in [3.8, 4) is 0 Å². The number of nitrogens with zero attached hydrogens (tertiary/aromatic N) is 1. The van der Waals surface area contributed by atoms with Gasteiger partial charge in [0.25, 0.3) is 0 Å². The smallest absolute Gasteiger partial charge is 0.330 e. The van der Waals surface area contributed by atoms with Gasteiger partial charge in [0.2, 0.25) is 0 Å². The molecule has 0 saturated heterocycles. The molecule has 0 rings (SSSR count). The Morgan fingerprint density at radius 2 is 2.08 bits per heavy atom. The zero-order valence-electron chi connectivity index (χ0n) is 7.74. The fourth-order valence-corrected chi connectivity index (χ4v) is 0.550. The molecule has 0 unspecified atom stereocenters. The van der Waals surface area contributed by atoms with Gasteiger partial charge in [-0.1, -0.05) is 6.08 Å². The minimum Gasteiger partial charge on any atom is -0.463 e. The molecule has 0 aliphatic heterocycles. The number of halogens is 1. The second-order valence-electron chi connectivity index (χ2n) is 2.42. The topological polar surface area (TPSA) is 29.5 Å². The van der Waals surface area contributed by atoms with Crippen molar-refractivity contribution in [3.05, 3.63) is 12.2 Å². The van der Waals surface area contributed by atoms with Crippen molar-refractivity contribution in [1.29, 1.82) is 0 Å². The predicted molar refractivity (Wildman–Crippen MR) is 51.6 cm³/mol. The van der Waals surface area contributed by atoms with Gasteiger partial charge in [0.05, 0.1) is 6.61 Å². The molecular formula is C8H16ClNO2. The van der Waals surface area contributed by atoms with Gasteiger partial charge in [0.15, 0.2) is 0 Å². The van der Waals surface area contributed by atoms with Gasteiger partial charge >= 0.3 is 5.97 Å². The van der Waals surface area contributed by atoms with E-state index in [2.05, 4.69) is 4.74 Å². The van der Waals surface area contributed by atoms with E-state index in [0.29, 0.717) is 6.61 Å². The average Bonchev–Trinajstić information content (AvgIpc) is 1.87. The highest BCUT2D eigenvalue weighted by Gasteiger charge is 1.91. The van der Waals surface area contributed by atoms with E-state index >= 15 is 0 Å². The number of likely N-dealkylation sites (N-methyl/N-ethyl adjacent to an activating group) is 1. The van der Waals surface area contributed by atoms with E-state index in [-0.39, 0.29) is 18.4 Å². The molecule has 12 heavy (non-hydrogen) atoms. The van der Waals surface area contributed by atoms with Crippen LogP contribution < -0.4 is 0 Å². The van der Waals surface area contributed by atoms with Gasteiger partial charge in [-0.3, -0.25) is 0 Å².